The number of carbonyl (C=O) groups excluding carboxylic acids is 1. The molecule has 0 radical (unpaired) electrons. The molecular weight excluding hydrogens is 222 g/mol. The van der Waals surface area contributed by atoms with Crippen molar-refractivity contribution in [3.63, 3.8) is 0 Å². The Morgan fingerprint density at radius 1 is 1.50 bits per heavy atom. The zero-order valence-corrected chi connectivity index (χ0v) is 10.2. The first-order chi connectivity index (χ1) is 7.69. The van der Waals surface area contributed by atoms with E-state index in [4.69, 9.17) is 11.6 Å². The lowest BCUT2D eigenvalue weighted by atomic mass is 10.1. The van der Waals surface area contributed by atoms with Crippen molar-refractivity contribution < 1.29 is 4.79 Å². The second-order valence-corrected chi connectivity index (χ2v) is 4.11. The fourth-order valence-electron chi connectivity index (χ4n) is 1.54. The van der Waals surface area contributed by atoms with Crippen LogP contribution < -0.4 is 4.90 Å². The van der Waals surface area contributed by atoms with Crippen LogP contribution in [0.3, 0.4) is 0 Å². The summed E-state index contributed by atoms with van der Waals surface area (Å²) in [6.45, 7) is 4.56. The van der Waals surface area contributed by atoms with Crippen LogP contribution in [-0.4, -0.2) is 19.9 Å². The third-order valence-electron chi connectivity index (χ3n) is 2.43. The van der Waals surface area contributed by atoms with Crippen LogP contribution in [-0.2, 0) is 0 Å². The first-order valence-electron chi connectivity index (χ1n) is 5.25. The highest BCUT2D eigenvalue weighted by atomic mass is 35.5. The Kier molecular flexibility index (Phi) is 5.06. The third-order valence-corrected chi connectivity index (χ3v) is 2.67. The fourth-order valence-corrected chi connectivity index (χ4v) is 1.71. The smallest absolute Gasteiger partial charge is 0.152 e. The van der Waals surface area contributed by atoms with Gasteiger partial charge >= 0.3 is 0 Å². The number of aldehydes is 1. The van der Waals surface area contributed by atoms with Gasteiger partial charge in [0.15, 0.2) is 6.29 Å². The van der Waals surface area contributed by atoms with Gasteiger partial charge in [0.05, 0.1) is 0 Å². The fraction of sp³-hybridized carbons (Fsp3) is 0.308. The summed E-state index contributed by atoms with van der Waals surface area (Å²) >= 11 is 5.92. The number of hydrogen-bond donors (Lipinski definition) is 0. The molecule has 1 aromatic rings. The molecule has 0 amide bonds. The summed E-state index contributed by atoms with van der Waals surface area (Å²) in [5, 5.41) is 0.649. The minimum atomic E-state index is 0.649. The van der Waals surface area contributed by atoms with E-state index in [-0.39, 0.29) is 0 Å². The monoisotopic (exact) mass is 237 g/mol. The quantitative estimate of drug-likeness (QED) is 0.428. The molecule has 1 aromatic carbocycles. The molecule has 2 nitrogen and oxygen atoms in total. The van der Waals surface area contributed by atoms with Crippen molar-refractivity contribution >= 4 is 23.6 Å². The number of benzene rings is 1. The number of allylic oxidation sites excluding steroid dienone is 1. The van der Waals surface area contributed by atoms with Crippen molar-refractivity contribution in [1.29, 1.82) is 0 Å². The standard InChI is InChI=1S/C13H16ClNO/c1-3-4-5-8-15(2)13-9-12(14)7-6-11(13)10-16/h3,6-7,9-10H,1,4-5,8H2,2H3. The molecule has 0 fully saturated rings. The van der Waals surface area contributed by atoms with Crippen LogP contribution in [0.2, 0.25) is 5.02 Å². The van der Waals surface area contributed by atoms with Crippen molar-refractivity contribution in [3.05, 3.63) is 41.4 Å². The first kappa shape index (κ1) is 12.8. The summed E-state index contributed by atoms with van der Waals surface area (Å²) in [4.78, 5) is 12.9. The SMILES string of the molecule is C=CCCCN(C)c1cc(Cl)ccc1C=O. The van der Waals surface area contributed by atoms with Crippen LogP contribution in [0.1, 0.15) is 23.2 Å². The highest BCUT2D eigenvalue weighted by Gasteiger charge is 2.07. The molecule has 86 valence electrons. The van der Waals surface area contributed by atoms with Gasteiger partial charge in [-0.3, -0.25) is 4.79 Å². The third kappa shape index (κ3) is 3.38. The Hall–Kier alpha value is -1.28. The molecule has 0 unspecified atom stereocenters. The van der Waals surface area contributed by atoms with Crippen molar-refractivity contribution in [2.75, 3.05) is 18.5 Å². The number of nitrogens with zero attached hydrogens (tertiary/aromatic N) is 1. The first-order valence-corrected chi connectivity index (χ1v) is 5.63. The lowest BCUT2D eigenvalue weighted by Gasteiger charge is -2.20. The van der Waals surface area contributed by atoms with Gasteiger partial charge in [-0.05, 0) is 31.0 Å². The van der Waals surface area contributed by atoms with Gasteiger partial charge in [0.1, 0.15) is 0 Å². The summed E-state index contributed by atoms with van der Waals surface area (Å²) in [6.07, 6.45) is 4.74. The Balaban J connectivity index is 2.79. The van der Waals surface area contributed by atoms with Gasteiger partial charge in [-0.1, -0.05) is 17.7 Å². The molecule has 0 saturated carbocycles. The molecule has 1 rings (SSSR count). The Labute approximate surface area is 102 Å². The minimum Gasteiger partial charge on any atom is -0.374 e. The molecule has 0 N–H and O–H groups in total. The normalized spacial score (nSPS) is 9.88. The highest BCUT2D eigenvalue weighted by molar-refractivity contribution is 6.31. The topological polar surface area (TPSA) is 20.3 Å². The van der Waals surface area contributed by atoms with Crippen molar-refractivity contribution in [2.45, 2.75) is 12.8 Å². The van der Waals surface area contributed by atoms with Crippen molar-refractivity contribution in [1.82, 2.24) is 0 Å². The number of carbonyl (C=O) groups is 1. The predicted molar refractivity (Wildman–Crippen MR) is 69.5 cm³/mol. The second-order valence-electron chi connectivity index (χ2n) is 3.67. The van der Waals surface area contributed by atoms with E-state index in [1.807, 2.05) is 24.1 Å². The van der Waals surface area contributed by atoms with Crippen LogP contribution in [0, 0.1) is 0 Å². The number of anilines is 1. The molecule has 0 saturated heterocycles. The zero-order chi connectivity index (χ0) is 12.0. The second kappa shape index (κ2) is 6.33. The molecule has 0 spiro atoms. The van der Waals surface area contributed by atoms with E-state index in [2.05, 4.69) is 6.58 Å². The maximum absolute atomic E-state index is 10.9. The molecule has 0 atom stereocenters. The lowest BCUT2D eigenvalue weighted by Crippen LogP contribution is -2.19. The van der Waals surface area contributed by atoms with Crippen molar-refractivity contribution in [2.24, 2.45) is 0 Å². The molecule has 3 heteroatoms. The van der Waals surface area contributed by atoms with Crippen LogP contribution in [0.5, 0.6) is 0 Å². The average Bonchev–Trinajstić information content (AvgIpc) is 2.29. The van der Waals surface area contributed by atoms with Gasteiger partial charge in [0.2, 0.25) is 0 Å². The summed E-state index contributed by atoms with van der Waals surface area (Å²) in [7, 11) is 1.96. The number of unbranched alkanes of at least 4 members (excludes halogenated alkanes) is 1. The molecule has 0 heterocycles. The summed E-state index contributed by atoms with van der Waals surface area (Å²) in [6, 6.07) is 5.29. The van der Waals surface area contributed by atoms with E-state index in [9.17, 15) is 4.79 Å². The van der Waals surface area contributed by atoms with Gasteiger partial charge in [-0.2, -0.15) is 0 Å². The number of rotatable bonds is 6. The van der Waals surface area contributed by atoms with E-state index < -0.39 is 0 Å². The Bertz CT molecular complexity index is 376. The molecular formula is C13H16ClNO. The number of halogens is 1. The highest BCUT2D eigenvalue weighted by Crippen LogP contribution is 2.23. The van der Waals surface area contributed by atoms with Gasteiger partial charge in [-0.15, -0.1) is 6.58 Å². The van der Waals surface area contributed by atoms with E-state index in [0.717, 1.165) is 31.4 Å². The van der Waals surface area contributed by atoms with Crippen LogP contribution in [0.4, 0.5) is 5.69 Å². The number of hydrogen-bond acceptors (Lipinski definition) is 2. The van der Waals surface area contributed by atoms with Crippen molar-refractivity contribution in [3.8, 4) is 0 Å². The molecule has 0 aliphatic rings. The van der Waals surface area contributed by atoms with E-state index in [1.54, 1.807) is 12.1 Å². The minimum absolute atomic E-state index is 0.649. The average molecular weight is 238 g/mol. The molecule has 0 aromatic heterocycles. The zero-order valence-electron chi connectivity index (χ0n) is 9.45. The lowest BCUT2D eigenvalue weighted by molar-refractivity contribution is 0.112. The molecule has 16 heavy (non-hydrogen) atoms. The largest absolute Gasteiger partial charge is 0.374 e. The molecule has 0 bridgehead atoms. The molecule has 0 aliphatic carbocycles. The van der Waals surface area contributed by atoms with E-state index in [1.165, 1.54) is 0 Å². The predicted octanol–water partition coefficient (Wildman–Crippen LogP) is 3.55. The van der Waals surface area contributed by atoms with Gasteiger partial charge in [0, 0.05) is 29.9 Å². The van der Waals surface area contributed by atoms with Crippen LogP contribution in [0.25, 0.3) is 0 Å². The maximum Gasteiger partial charge on any atom is 0.152 e. The maximum atomic E-state index is 10.9. The van der Waals surface area contributed by atoms with Gasteiger partial charge in [-0.25, -0.2) is 0 Å². The molecule has 0 aliphatic heterocycles. The summed E-state index contributed by atoms with van der Waals surface area (Å²) < 4.78 is 0. The van der Waals surface area contributed by atoms with E-state index >= 15 is 0 Å². The Morgan fingerprint density at radius 3 is 2.88 bits per heavy atom. The summed E-state index contributed by atoms with van der Waals surface area (Å²) in [5.41, 5.74) is 1.55. The summed E-state index contributed by atoms with van der Waals surface area (Å²) in [5.74, 6) is 0. The van der Waals surface area contributed by atoms with Crippen LogP contribution >= 0.6 is 11.6 Å². The van der Waals surface area contributed by atoms with Crippen LogP contribution in [0.15, 0.2) is 30.9 Å². The van der Waals surface area contributed by atoms with E-state index in [0.29, 0.717) is 10.6 Å². The Morgan fingerprint density at radius 2 is 2.25 bits per heavy atom. The van der Waals surface area contributed by atoms with Gasteiger partial charge < -0.3 is 4.90 Å². The van der Waals surface area contributed by atoms with Gasteiger partial charge in [0.25, 0.3) is 0 Å².